The number of hydrogen-bond donors (Lipinski definition) is 1. The van der Waals surface area contributed by atoms with Crippen molar-refractivity contribution >= 4 is 11.8 Å². The third kappa shape index (κ3) is 2.09. The molecule has 0 spiro atoms. The highest BCUT2D eigenvalue weighted by Crippen LogP contribution is 2.41. The molecule has 88 valence electrons. The van der Waals surface area contributed by atoms with E-state index in [1.807, 2.05) is 6.92 Å². The number of halogens is 2. The highest BCUT2D eigenvalue weighted by molar-refractivity contribution is 7.99. The zero-order valence-corrected chi connectivity index (χ0v) is 10.2. The number of rotatable bonds is 2. The van der Waals surface area contributed by atoms with Crippen LogP contribution in [-0.4, -0.2) is 12.3 Å². The average Bonchev–Trinajstić information content (AvgIpc) is 2.22. The van der Waals surface area contributed by atoms with Gasteiger partial charge in [-0.3, -0.25) is 0 Å². The van der Waals surface area contributed by atoms with Crippen molar-refractivity contribution in [2.45, 2.75) is 24.8 Å². The van der Waals surface area contributed by atoms with E-state index in [-0.39, 0.29) is 6.04 Å². The van der Waals surface area contributed by atoms with Gasteiger partial charge in [0.15, 0.2) is 0 Å². The maximum absolute atomic E-state index is 13.6. The molecular weight excluding hydrogens is 228 g/mol. The second kappa shape index (κ2) is 4.72. The van der Waals surface area contributed by atoms with Gasteiger partial charge in [0.2, 0.25) is 0 Å². The number of thioether (sulfide) groups is 1. The zero-order chi connectivity index (χ0) is 11.7. The Morgan fingerprint density at radius 3 is 2.88 bits per heavy atom. The van der Waals surface area contributed by atoms with E-state index in [0.29, 0.717) is 10.8 Å². The molecule has 0 saturated carbocycles. The summed E-state index contributed by atoms with van der Waals surface area (Å²) in [5.74, 6) is 0.329. The van der Waals surface area contributed by atoms with Crippen LogP contribution in [0.3, 0.4) is 0 Å². The first-order chi connectivity index (χ1) is 7.63. The molecule has 1 aliphatic rings. The lowest BCUT2D eigenvalue weighted by Crippen LogP contribution is -2.31. The maximum Gasteiger partial charge on any atom is 0.140 e. The van der Waals surface area contributed by atoms with Gasteiger partial charge in [-0.05, 0) is 24.1 Å². The minimum Gasteiger partial charge on any atom is -0.310 e. The summed E-state index contributed by atoms with van der Waals surface area (Å²) in [5, 5.41) is 3.30. The summed E-state index contributed by atoms with van der Waals surface area (Å²) in [6.07, 6.45) is 0. The number of nitrogens with one attached hydrogen (secondary N) is 1. The van der Waals surface area contributed by atoms with Gasteiger partial charge < -0.3 is 5.32 Å². The maximum atomic E-state index is 13.6. The highest BCUT2D eigenvalue weighted by Gasteiger charge is 2.28. The van der Waals surface area contributed by atoms with Crippen molar-refractivity contribution in [3.05, 3.63) is 29.3 Å². The van der Waals surface area contributed by atoms with Crippen molar-refractivity contribution in [3.8, 4) is 0 Å². The first kappa shape index (κ1) is 11.9. The molecule has 0 amide bonds. The fraction of sp³-hybridized carbons (Fsp3) is 0.500. The molecule has 0 aliphatic carbocycles. The lowest BCUT2D eigenvalue weighted by Gasteiger charge is -2.31. The Bertz CT molecular complexity index is 395. The Morgan fingerprint density at radius 2 is 2.19 bits per heavy atom. The lowest BCUT2D eigenvalue weighted by atomic mass is 9.95. The van der Waals surface area contributed by atoms with Gasteiger partial charge in [-0.2, -0.15) is 0 Å². The quantitative estimate of drug-likeness (QED) is 0.854. The second-order valence-electron chi connectivity index (χ2n) is 4.13. The Labute approximate surface area is 98.6 Å². The predicted octanol–water partition coefficient (Wildman–Crippen LogP) is 3.36. The van der Waals surface area contributed by atoms with Crippen LogP contribution in [0.2, 0.25) is 0 Å². The van der Waals surface area contributed by atoms with Crippen LogP contribution in [0.15, 0.2) is 17.0 Å². The van der Waals surface area contributed by atoms with E-state index in [0.717, 1.165) is 23.9 Å². The first-order valence-corrected chi connectivity index (χ1v) is 6.47. The Kier molecular flexibility index (Phi) is 3.50. The summed E-state index contributed by atoms with van der Waals surface area (Å²) in [6.45, 7) is 4.91. The second-order valence-corrected chi connectivity index (χ2v) is 5.16. The fourth-order valence-corrected chi connectivity index (χ4v) is 3.28. The first-order valence-electron chi connectivity index (χ1n) is 5.48. The predicted molar refractivity (Wildman–Crippen MR) is 62.7 cm³/mol. The molecule has 0 saturated heterocycles. The number of hydrogen-bond acceptors (Lipinski definition) is 2. The van der Waals surface area contributed by atoms with Crippen molar-refractivity contribution in [3.63, 3.8) is 0 Å². The van der Waals surface area contributed by atoms with Gasteiger partial charge in [-0.25, -0.2) is 8.78 Å². The molecule has 4 heteroatoms. The van der Waals surface area contributed by atoms with Gasteiger partial charge in [0.05, 0.1) is 0 Å². The molecule has 1 aromatic rings. The van der Waals surface area contributed by atoms with Gasteiger partial charge >= 0.3 is 0 Å². The van der Waals surface area contributed by atoms with Crippen molar-refractivity contribution in [1.29, 1.82) is 0 Å². The van der Waals surface area contributed by atoms with E-state index in [4.69, 9.17) is 0 Å². The topological polar surface area (TPSA) is 12.0 Å². The van der Waals surface area contributed by atoms with Crippen molar-refractivity contribution in [1.82, 2.24) is 5.32 Å². The average molecular weight is 243 g/mol. The summed E-state index contributed by atoms with van der Waals surface area (Å²) in [5.41, 5.74) is 0.767. The van der Waals surface area contributed by atoms with Crippen molar-refractivity contribution < 1.29 is 8.78 Å². The molecule has 1 N–H and O–H groups in total. The number of fused-ring (bicyclic) bond motifs is 1. The molecule has 0 bridgehead atoms. The molecule has 0 aromatic heterocycles. The summed E-state index contributed by atoms with van der Waals surface area (Å²) < 4.78 is 26.8. The van der Waals surface area contributed by atoms with Gasteiger partial charge in [-0.15, -0.1) is 11.8 Å². The molecule has 2 atom stereocenters. The van der Waals surface area contributed by atoms with Crippen LogP contribution >= 0.6 is 11.8 Å². The summed E-state index contributed by atoms with van der Waals surface area (Å²) in [6, 6.07) is 2.48. The van der Waals surface area contributed by atoms with Gasteiger partial charge in [0, 0.05) is 22.8 Å². The van der Waals surface area contributed by atoms with Crippen molar-refractivity contribution in [2.24, 2.45) is 5.92 Å². The molecule has 1 aromatic carbocycles. The minimum atomic E-state index is -0.492. The van der Waals surface area contributed by atoms with E-state index in [1.54, 1.807) is 0 Å². The van der Waals surface area contributed by atoms with E-state index in [9.17, 15) is 8.78 Å². The summed E-state index contributed by atoms with van der Waals surface area (Å²) >= 11 is 1.48. The van der Waals surface area contributed by atoms with Crippen LogP contribution in [0.25, 0.3) is 0 Å². The fourth-order valence-electron chi connectivity index (χ4n) is 2.11. The molecule has 1 aliphatic heterocycles. The van der Waals surface area contributed by atoms with E-state index < -0.39 is 11.6 Å². The Balaban J connectivity index is 2.45. The molecule has 0 fully saturated rings. The molecule has 16 heavy (non-hydrogen) atoms. The molecule has 2 rings (SSSR count). The normalized spacial score (nSPS) is 24.2. The Morgan fingerprint density at radius 1 is 1.44 bits per heavy atom. The highest BCUT2D eigenvalue weighted by atomic mass is 32.2. The van der Waals surface area contributed by atoms with Crippen LogP contribution in [0.5, 0.6) is 0 Å². The van der Waals surface area contributed by atoms with E-state index in [2.05, 4.69) is 12.2 Å². The third-order valence-electron chi connectivity index (χ3n) is 2.86. The minimum absolute atomic E-state index is 0.0615. The van der Waals surface area contributed by atoms with Crippen LogP contribution in [-0.2, 0) is 0 Å². The SMILES string of the molecule is CCNC1c2cc(F)cc(F)c2SCC1C. The molecular formula is C12H15F2NS. The number of benzene rings is 1. The molecule has 2 unspecified atom stereocenters. The molecule has 0 radical (unpaired) electrons. The van der Waals surface area contributed by atoms with Gasteiger partial charge in [-0.1, -0.05) is 13.8 Å². The van der Waals surface area contributed by atoms with Crippen LogP contribution in [0, 0.1) is 17.6 Å². The lowest BCUT2D eigenvalue weighted by molar-refractivity contribution is 0.406. The third-order valence-corrected chi connectivity index (χ3v) is 4.27. The van der Waals surface area contributed by atoms with Crippen LogP contribution < -0.4 is 5.32 Å². The summed E-state index contributed by atoms with van der Waals surface area (Å²) in [4.78, 5) is 0.602. The van der Waals surface area contributed by atoms with Crippen LogP contribution in [0.1, 0.15) is 25.5 Å². The zero-order valence-electron chi connectivity index (χ0n) is 9.39. The van der Waals surface area contributed by atoms with E-state index in [1.165, 1.54) is 17.8 Å². The van der Waals surface area contributed by atoms with E-state index >= 15 is 0 Å². The van der Waals surface area contributed by atoms with Gasteiger partial charge in [0.25, 0.3) is 0 Å². The largest absolute Gasteiger partial charge is 0.310 e. The van der Waals surface area contributed by atoms with Gasteiger partial charge in [0.1, 0.15) is 11.6 Å². The standard InChI is InChI=1S/C12H15F2NS/c1-3-15-11-7(2)6-16-12-9(11)4-8(13)5-10(12)14/h4-5,7,11,15H,3,6H2,1-2H3. The molecule has 1 nitrogen and oxygen atoms in total. The monoisotopic (exact) mass is 243 g/mol. The smallest absolute Gasteiger partial charge is 0.140 e. The summed E-state index contributed by atoms with van der Waals surface area (Å²) in [7, 11) is 0. The Hall–Kier alpha value is -0.610. The molecule has 1 heterocycles. The van der Waals surface area contributed by atoms with Crippen LogP contribution in [0.4, 0.5) is 8.78 Å². The van der Waals surface area contributed by atoms with Crippen molar-refractivity contribution in [2.75, 3.05) is 12.3 Å².